The van der Waals surface area contributed by atoms with Crippen LogP contribution in [0.4, 0.5) is 119 Å². The molecule has 0 aromatic heterocycles. The molecule has 0 heterocycles. The molecule has 0 saturated carbocycles. The lowest BCUT2D eigenvalue weighted by molar-refractivity contribution is -0.437. The number of carbonyl (C=O) groups excluding carboxylic acids is 3. The Bertz CT molecular complexity index is 1360. The van der Waals surface area contributed by atoms with Crippen LogP contribution in [0, 0.1) is 0 Å². The molecule has 0 radical (unpaired) electrons. The zero-order valence-electron chi connectivity index (χ0n) is 27.3. The number of alkyl halides is 26. The van der Waals surface area contributed by atoms with E-state index in [1.165, 1.54) is 6.92 Å². The molecule has 0 aliphatic rings. The van der Waals surface area contributed by atoms with E-state index in [0.29, 0.717) is 0 Å². The first-order valence-corrected chi connectivity index (χ1v) is 13.8. The molecule has 33 heteroatoms. The Kier molecular flexibility index (Phi) is 14.5. The third kappa shape index (κ3) is 8.88. The number of hydrogen-bond acceptors (Lipinski definition) is 6. The van der Waals surface area contributed by atoms with E-state index in [0.717, 1.165) is 13.8 Å². The van der Waals surface area contributed by atoms with Crippen LogP contribution in [0.1, 0.15) is 27.2 Å². The van der Waals surface area contributed by atoms with Gasteiger partial charge < -0.3 is 19.1 Å². The van der Waals surface area contributed by atoms with Crippen molar-refractivity contribution >= 4 is 18.0 Å². The average molecular weight is 911 g/mol. The lowest BCUT2D eigenvalue weighted by Gasteiger charge is -2.39. The molecule has 0 aromatic rings. The van der Waals surface area contributed by atoms with E-state index >= 15 is 0 Å². The maximum absolute atomic E-state index is 14.0. The van der Waals surface area contributed by atoms with Crippen LogP contribution < -0.4 is 0 Å². The van der Waals surface area contributed by atoms with Crippen LogP contribution in [0.15, 0.2) is 0 Å². The molecular weight excluding hydrogens is 892 g/mol. The maximum atomic E-state index is 14.0. The van der Waals surface area contributed by atoms with Crippen LogP contribution in [0.2, 0.25) is 0 Å². The van der Waals surface area contributed by atoms with Gasteiger partial charge in [-0.3, -0.25) is 0 Å². The molecule has 57 heavy (non-hydrogen) atoms. The molecule has 0 fully saturated rings. The van der Waals surface area contributed by atoms with Crippen molar-refractivity contribution in [3.05, 3.63) is 0 Å². The summed E-state index contributed by atoms with van der Waals surface area (Å²) in [4.78, 5) is 35.1. The summed E-state index contributed by atoms with van der Waals surface area (Å²) in [5.74, 6) is -90.1. The average Bonchev–Trinajstić information content (AvgIpc) is 3.01. The Hall–Kier alpha value is -3.61. The molecule has 0 aliphatic heterocycles. The highest BCUT2D eigenvalue weighted by Gasteiger charge is 2.93. The van der Waals surface area contributed by atoms with Gasteiger partial charge in [-0.05, 0) is 20.3 Å². The van der Waals surface area contributed by atoms with Crippen molar-refractivity contribution in [2.45, 2.75) is 104 Å². The topological polar surface area (TPSA) is 82.1 Å². The van der Waals surface area contributed by atoms with Crippen LogP contribution in [0.5, 0.6) is 0 Å². The monoisotopic (exact) mass is 911 g/mol. The van der Waals surface area contributed by atoms with E-state index < -0.39 is 122 Å². The van der Waals surface area contributed by atoms with Gasteiger partial charge in [-0.15, -0.1) is 0 Å². The Balaban J connectivity index is 6.37. The third-order valence-corrected chi connectivity index (χ3v) is 7.04. The molecule has 0 saturated heterocycles. The highest BCUT2D eigenvalue weighted by molar-refractivity contribution is 5.80. The molecular formula is C24H19F26NO6. The number of carbonyl (C=O) groups is 3. The second-order valence-corrected chi connectivity index (χ2v) is 11.5. The van der Waals surface area contributed by atoms with Gasteiger partial charge in [0.05, 0.1) is 13.1 Å². The van der Waals surface area contributed by atoms with Crippen molar-refractivity contribution in [3.8, 4) is 0 Å². The standard InChI is InChI=1S/C24H19F26NO6/c1-4-12(2,3)57-11(54)51(5-7-55-9(52)13(25,26)15(29,30)17(33,34)19(37,38)21(41,42)23(45,46)47)6-8-56-10(53)14(27,28)16(31,32)18(35,36)20(39,40)22(43,44)24(48,49)50/h4-8H2,1-3H3. The Morgan fingerprint density at radius 1 is 0.421 bits per heavy atom. The molecule has 0 bridgehead atoms. The fraction of sp³-hybridized carbons (Fsp3) is 0.875. The molecule has 0 aliphatic carbocycles. The molecule has 7 nitrogen and oxygen atoms in total. The quantitative estimate of drug-likeness (QED) is 0.0776. The van der Waals surface area contributed by atoms with E-state index in [1.54, 1.807) is 0 Å². The van der Waals surface area contributed by atoms with Crippen LogP contribution in [-0.2, 0) is 23.8 Å². The molecule has 0 spiro atoms. The summed E-state index contributed by atoms with van der Waals surface area (Å²) in [5.41, 5.74) is -1.72. The van der Waals surface area contributed by atoms with Gasteiger partial charge in [-0.1, -0.05) is 6.92 Å². The second kappa shape index (κ2) is 15.5. The summed E-state index contributed by atoms with van der Waals surface area (Å²) in [6.45, 7) is -4.87. The molecule has 338 valence electrons. The van der Waals surface area contributed by atoms with Crippen molar-refractivity contribution in [1.82, 2.24) is 4.90 Å². The van der Waals surface area contributed by atoms with Gasteiger partial charge >= 0.3 is 89.6 Å². The minimum absolute atomic E-state index is 0.252. The van der Waals surface area contributed by atoms with E-state index in [1.807, 2.05) is 0 Å². The van der Waals surface area contributed by atoms with E-state index in [2.05, 4.69) is 14.2 Å². The molecule has 1 amide bonds. The number of esters is 2. The summed E-state index contributed by atoms with van der Waals surface area (Å²) >= 11 is 0. The SMILES string of the molecule is CCC(C)(C)OC(=O)N(CCOC(=O)C(F)(F)C(F)(F)C(F)(F)C(F)(F)C(F)(F)C(F)(F)F)CCOC(=O)C(F)(F)C(F)(F)C(F)(F)C(F)(F)C(F)(F)C(F)(F)F. The van der Waals surface area contributed by atoms with Crippen LogP contribution in [0.25, 0.3) is 0 Å². The lowest BCUT2D eigenvalue weighted by atomic mass is 9.94. The van der Waals surface area contributed by atoms with Gasteiger partial charge in [0.25, 0.3) is 0 Å². The first-order valence-electron chi connectivity index (χ1n) is 13.8. The highest BCUT2D eigenvalue weighted by Crippen LogP contribution is 2.62. The zero-order chi connectivity index (χ0) is 46.5. The number of amides is 1. The number of halogens is 26. The smallest absolute Gasteiger partial charge is 0.459 e. The number of ether oxygens (including phenoxy) is 3. The minimum atomic E-state index is -8.48. The summed E-state index contributed by atoms with van der Waals surface area (Å²) in [6, 6.07) is 0. The highest BCUT2D eigenvalue weighted by atomic mass is 19.4. The minimum Gasteiger partial charge on any atom is -0.459 e. The predicted octanol–water partition coefficient (Wildman–Crippen LogP) is 9.18. The molecule has 0 unspecified atom stereocenters. The zero-order valence-corrected chi connectivity index (χ0v) is 27.3. The molecule has 0 atom stereocenters. The summed E-state index contributed by atoms with van der Waals surface area (Å²) in [6.07, 6.45) is -17.9. The van der Waals surface area contributed by atoms with E-state index in [9.17, 15) is 129 Å². The third-order valence-electron chi connectivity index (χ3n) is 7.04. The molecule has 0 aromatic carbocycles. The van der Waals surface area contributed by atoms with Crippen LogP contribution >= 0.6 is 0 Å². The number of nitrogens with zero attached hydrogens (tertiary/aromatic N) is 1. The molecule has 0 rings (SSSR count). The Morgan fingerprint density at radius 3 is 0.895 bits per heavy atom. The summed E-state index contributed by atoms with van der Waals surface area (Å²) < 4.78 is 356. The normalized spacial score (nSPS) is 15.3. The summed E-state index contributed by atoms with van der Waals surface area (Å²) in [7, 11) is 0. The van der Waals surface area contributed by atoms with Crippen molar-refractivity contribution in [3.63, 3.8) is 0 Å². The van der Waals surface area contributed by atoms with Gasteiger partial charge in [0.15, 0.2) is 0 Å². The summed E-state index contributed by atoms with van der Waals surface area (Å²) in [5, 5.41) is 0. The predicted molar refractivity (Wildman–Crippen MR) is 126 cm³/mol. The van der Waals surface area contributed by atoms with Crippen molar-refractivity contribution in [1.29, 1.82) is 0 Å². The van der Waals surface area contributed by atoms with Crippen molar-refractivity contribution in [2.75, 3.05) is 26.3 Å². The van der Waals surface area contributed by atoms with Crippen molar-refractivity contribution in [2.24, 2.45) is 0 Å². The van der Waals surface area contributed by atoms with Gasteiger partial charge in [-0.2, -0.15) is 114 Å². The Labute approximate surface area is 297 Å². The largest absolute Gasteiger partial charge is 0.460 e. The van der Waals surface area contributed by atoms with Crippen LogP contribution in [0.3, 0.4) is 0 Å². The van der Waals surface area contributed by atoms with Crippen molar-refractivity contribution < 1.29 is 143 Å². The van der Waals surface area contributed by atoms with Gasteiger partial charge in [0, 0.05) is 0 Å². The second-order valence-electron chi connectivity index (χ2n) is 11.5. The molecule has 0 N–H and O–H groups in total. The van der Waals surface area contributed by atoms with Gasteiger partial charge in [0.2, 0.25) is 0 Å². The number of hydrogen-bond donors (Lipinski definition) is 0. The van der Waals surface area contributed by atoms with E-state index in [4.69, 9.17) is 0 Å². The maximum Gasteiger partial charge on any atom is 0.460 e. The van der Waals surface area contributed by atoms with Gasteiger partial charge in [-0.25, -0.2) is 14.4 Å². The fourth-order valence-corrected chi connectivity index (χ4v) is 3.14. The van der Waals surface area contributed by atoms with Gasteiger partial charge in [0.1, 0.15) is 18.8 Å². The Morgan fingerprint density at radius 2 is 0.667 bits per heavy atom. The van der Waals surface area contributed by atoms with Crippen LogP contribution in [-0.4, -0.2) is 126 Å². The first kappa shape index (κ1) is 53.4. The number of rotatable bonds is 18. The first-order chi connectivity index (χ1) is 24.6. The fourth-order valence-electron chi connectivity index (χ4n) is 3.14. The lowest BCUT2D eigenvalue weighted by Crippen LogP contribution is -2.71. The van der Waals surface area contributed by atoms with E-state index in [-0.39, 0.29) is 11.3 Å².